The van der Waals surface area contributed by atoms with Crippen molar-refractivity contribution in [3.63, 3.8) is 0 Å². The first-order valence-electron chi connectivity index (χ1n) is 12.9. The van der Waals surface area contributed by atoms with E-state index >= 15 is 0 Å². The van der Waals surface area contributed by atoms with Crippen molar-refractivity contribution in [3.8, 4) is 16.5 Å². The van der Waals surface area contributed by atoms with Crippen LogP contribution in [0.25, 0.3) is 21.0 Å². The second-order valence-corrected chi connectivity index (χ2v) is 11.1. The number of ether oxygens (including phenoxy) is 2. The number of rotatable bonds is 11. The zero-order valence-corrected chi connectivity index (χ0v) is 24.2. The lowest BCUT2D eigenvalue weighted by atomic mass is 10.0. The Bertz CT molecular complexity index is 1620. The molecule has 3 heterocycles. The molecule has 4 rings (SSSR count). The number of aliphatic hydroxyl groups is 1. The van der Waals surface area contributed by atoms with Crippen molar-refractivity contribution in [3.05, 3.63) is 68.7 Å². The minimum atomic E-state index is -1.57. The van der Waals surface area contributed by atoms with Crippen LogP contribution in [0.2, 0.25) is 0 Å². The van der Waals surface area contributed by atoms with E-state index in [1.807, 2.05) is 38.1 Å². The Kier molecular flexibility index (Phi) is 8.62. The zero-order chi connectivity index (χ0) is 29.2. The number of methoxy groups -OCH3 is 1. The number of amides is 1. The van der Waals surface area contributed by atoms with Gasteiger partial charge in [0.2, 0.25) is 11.8 Å². The van der Waals surface area contributed by atoms with E-state index in [0.717, 1.165) is 10.1 Å². The van der Waals surface area contributed by atoms with Crippen molar-refractivity contribution in [2.24, 2.45) is 0 Å². The van der Waals surface area contributed by atoms with E-state index in [-0.39, 0.29) is 31.2 Å². The van der Waals surface area contributed by atoms with Crippen LogP contribution in [-0.4, -0.2) is 51.5 Å². The minimum absolute atomic E-state index is 0.0165. The van der Waals surface area contributed by atoms with Crippen molar-refractivity contribution in [2.45, 2.75) is 58.9 Å². The number of nitrogens with zero attached hydrogens (tertiary/aromatic N) is 3. The molecule has 1 unspecified atom stereocenters. The number of oxazole rings is 1. The van der Waals surface area contributed by atoms with Gasteiger partial charge in [-0.2, -0.15) is 0 Å². The molecule has 1 amide bonds. The lowest BCUT2D eigenvalue weighted by molar-refractivity contribution is -0.128. The number of fused-ring (bicyclic) bond motifs is 1. The molecule has 1 aromatic carbocycles. The summed E-state index contributed by atoms with van der Waals surface area (Å²) in [6.45, 7) is 8.29. The van der Waals surface area contributed by atoms with Gasteiger partial charge in [-0.25, -0.2) is 14.3 Å². The van der Waals surface area contributed by atoms with Crippen LogP contribution in [0.3, 0.4) is 0 Å². The molecule has 0 radical (unpaired) electrons. The Hall–Kier alpha value is -3.74. The Morgan fingerprint density at radius 2 is 1.98 bits per heavy atom. The third-order valence-electron chi connectivity index (χ3n) is 6.62. The predicted molar refractivity (Wildman–Crippen MR) is 152 cm³/mol. The molecule has 3 aromatic heterocycles. The maximum absolute atomic E-state index is 14.2. The Morgan fingerprint density at radius 3 is 2.60 bits per heavy atom. The quantitative estimate of drug-likeness (QED) is 0.280. The number of aryl methyl sites for hydroxylation is 1. The molecular formula is C28H34N4O7S. The average Bonchev–Trinajstić information content (AvgIpc) is 3.56. The largest absolute Gasteiger partial charge is 0.496 e. The number of carbonyl (C=O) groups excluding carboxylic acids is 1. The Labute approximate surface area is 235 Å². The van der Waals surface area contributed by atoms with Gasteiger partial charge in [-0.1, -0.05) is 18.2 Å². The van der Waals surface area contributed by atoms with Gasteiger partial charge < -0.3 is 24.3 Å². The lowest BCUT2D eigenvalue weighted by Crippen LogP contribution is -2.56. The first-order valence-corrected chi connectivity index (χ1v) is 13.7. The highest BCUT2D eigenvalue weighted by molar-refractivity contribution is 7.22. The summed E-state index contributed by atoms with van der Waals surface area (Å²) in [5, 5.41) is 12.1. The van der Waals surface area contributed by atoms with E-state index in [1.54, 1.807) is 14.0 Å². The molecule has 4 aromatic rings. The van der Waals surface area contributed by atoms with Gasteiger partial charge in [0.15, 0.2) is 0 Å². The topological polar surface area (TPSA) is 138 Å². The summed E-state index contributed by atoms with van der Waals surface area (Å²) in [6, 6.07) is 7.39. The van der Waals surface area contributed by atoms with E-state index in [4.69, 9.17) is 13.9 Å². The lowest BCUT2D eigenvalue weighted by Gasteiger charge is -2.28. The molecule has 0 aliphatic carbocycles. The maximum Gasteiger partial charge on any atom is 0.333 e. The maximum atomic E-state index is 14.2. The molecule has 0 aliphatic rings. The summed E-state index contributed by atoms with van der Waals surface area (Å²) < 4.78 is 19.8. The van der Waals surface area contributed by atoms with Gasteiger partial charge in [0.1, 0.15) is 28.5 Å². The molecular weight excluding hydrogens is 536 g/mol. The minimum Gasteiger partial charge on any atom is -0.496 e. The smallest absolute Gasteiger partial charge is 0.333 e. The normalized spacial score (nSPS) is 12.7. The number of para-hydroxylation sites is 1. The van der Waals surface area contributed by atoms with Crippen molar-refractivity contribution in [1.82, 2.24) is 19.4 Å². The van der Waals surface area contributed by atoms with E-state index in [9.17, 15) is 19.5 Å². The summed E-state index contributed by atoms with van der Waals surface area (Å²) in [7, 11) is 1.56. The van der Waals surface area contributed by atoms with Gasteiger partial charge in [0.05, 0.1) is 42.8 Å². The third kappa shape index (κ3) is 5.34. The van der Waals surface area contributed by atoms with Gasteiger partial charge in [-0.05, 0) is 46.2 Å². The molecule has 0 saturated heterocycles. The number of nitrogens with one attached hydrogen (secondary N) is 1. The van der Waals surface area contributed by atoms with Gasteiger partial charge >= 0.3 is 5.69 Å². The summed E-state index contributed by atoms with van der Waals surface area (Å²) >= 11 is 1.22. The van der Waals surface area contributed by atoms with Crippen molar-refractivity contribution < 1.29 is 23.8 Å². The van der Waals surface area contributed by atoms with E-state index in [2.05, 4.69) is 10.3 Å². The molecule has 12 heteroatoms. The molecule has 0 saturated carbocycles. The standard InChI is InChI=1S/C28H34N4O7S/c1-16(2)39-20(18-9-7-8-10-19(18)37-6)15-31-25-21(17(3)22(40-25)23-29-12-14-38-23)24(34)32(27(31)36)28(4,5)26(35)30-11-13-33/h7-10,12,14,16,20,33H,11,13,15H2,1-6H3,(H,30,35). The zero-order valence-electron chi connectivity index (χ0n) is 23.4. The van der Waals surface area contributed by atoms with E-state index < -0.39 is 28.8 Å². The summed E-state index contributed by atoms with van der Waals surface area (Å²) in [4.78, 5) is 46.6. The van der Waals surface area contributed by atoms with Gasteiger partial charge in [0.25, 0.3) is 5.56 Å². The van der Waals surface area contributed by atoms with Gasteiger partial charge in [-0.15, -0.1) is 11.3 Å². The first-order chi connectivity index (χ1) is 19.0. The number of aliphatic hydroxyl groups excluding tert-OH is 1. The number of benzene rings is 1. The van der Waals surface area contributed by atoms with Crippen molar-refractivity contribution in [1.29, 1.82) is 0 Å². The fourth-order valence-electron chi connectivity index (χ4n) is 4.67. The highest BCUT2D eigenvalue weighted by Gasteiger charge is 2.36. The summed E-state index contributed by atoms with van der Waals surface area (Å²) in [5.41, 5.74) is -1.53. The molecule has 2 N–H and O–H groups in total. The Morgan fingerprint density at radius 1 is 1.25 bits per heavy atom. The van der Waals surface area contributed by atoms with Crippen LogP contribution in [0.1, 0.15) is 44.9 Å². The number of carbonyl (C=O) groups is 1. The van der Waals surface area contributed by atoms with Crippen LogP contribution in [0.5, 0.6) is 5.75 Å². The van der Waals surface area contributed by atoms with Crippen LogP contribution >= 0.6 is 11.3 Å². The number of aromatic nitrogens is 3. The Balaban J connectivity index is 2.02. The summed E-state index contributed by atoms with van der Waals surface area (Å²) in [6.07, 6.45) is 2.13. The van der Waals surface area contributed by atoms with E-state index in [0.29, 0.717) is 26.9 Å². The number of hydrogen-bond acceptors (Lipinski definition) is 9. The SMILES string of the molecule is COc1ccccc1C(Cn1c(=O)n(C(C)(C)C(=O)NCCO)c(=O)c2c(C)c(-c3ncco3)sc21)OC(C)C. The second-order valence-electron chi connectivity index (χ2n) is 10.1. The van der Waals surface area contributed by atoms with Gasteiger partial charge in [0, 0.05) is 12.1 Å². The molecule has 40 heavy (non-hydrogen) atoms. The predicted octanol–water partition coefficient (Wildman–Crippen LogP) is 3.21. The van der Waals surface area contributed by atoms with Crippen LogP contribution < -0.4 is 21.3 Å². The second kappa shape index (κ2) is 11.8. The third-order valence-corrected chi connectivity index (χ3v) is 7.92. The van der Waals surface area contributed by atoms with Crippen molar-refractivity contribution >= 4 is 27.5 Å². The fraction of sp³-hybridized carbons (Fsp3) is 0.429. The molecule has 11 nitrogen and oxygen atoms in total. The molecule has 1 atom stereocenters. The van der Waals surface area contributed by atoms with Crippen molar-refractivity contribution in [2.75, 3.05) is 20.3 Å². The van der Waals surface area contributed by atoms with Crippen LogP contribution in [0.4, 0.5) is 0 Å². The number of hydrogen-bond donors (Lipinski definition) is 2. The molecule has 0 spiro atoms. The highest BCUT2D eigenvalue weighted by atomic mass is 32.1. The van der Waals surface area contributed by atoms with E-state index in [1.165, 1.54) is 42.2 Å². The van der Waals surface area contributed by atoms with Crippen LogP contribution in [0.15, 0.2) is 50.7 Å². The molecule has 0 bridgehead atoms. The average molecular weight is 571 g/mol. The monoisotopic (exact) mass is 570 g/mol. The highest BCUT2D eigenvalue weighted by Crippen LogP contribution is 2.37. The molecule has 0 fully saturated rings. The van der Waals surface area contributed by atoms with Crippen LogP contribution in [0, 0.1) is 6.92 Å². The fourth-order valence-corrected chi connectivity index (χ4v) is 5.91. The number of thiophene rings is 1. The summed E-state index contributed by atoms with van der Waals surface area (Å²) in [5.74, 6) is 0.341. The molecule has 0 aliphatic heterocycles. The first kappa shape index (κ1) is 29.2. The van der Waals surface area contributed by atoms with Crippen LogP contribution in [-0.2, 0) is 21.6 Å². The van der Waals surface area contributed by atoms with Gasteiger partial charge in [-0.3, -0.25) is 14.2 Å². The molecule has 214 valence electrons.